The first kappa shape index (κ1) is 64.9. The summed E-state index contributed by atoms with van der Waals surface area (Å²) < 4.78 is 221. The first-order valence-corrected chi connectivity index (χ1v) is 30.7. The Hall–Kier alpha value is -7.09. The molecule has 86 heavy (non-hydrogen) atoms. The van der Waals surface area contributed by atoms with E-state index in [0.29, 0.717) is 17.2 Å². The number of amides is 4. The fourth-order valence-corrected chi connectivity index (χ4v) is 11.5. The predicted octanol–water partition coefficient (Wildman–Crippen LogP) is 7.23. The number of ether oxygens (including phenoxy) is 1. The highest BCUT2D eigenvalue weighted by atomic mass is 35.5. The Morgan fingerprint density at radius 1 is 0.965 bits per heavy atom. The number of nitrogens with one attached hydrogen (secondary N) is 1. The van der Waals surface area contributed by atoms with Gasteiger partial charge in [0.05, 0.1) is 40.0 Å². The molecule has 4 atom stereocenters. The normalized spacial score (nSPS) is 18.0. The number of urea groups is 1. The van der Waals surface area contributed by atoms with E-state index in [4.69, 9.17) is 21.4 Å². The summed E-state index contributed by atoms with van der Waals surface area (Å²) in [6, 6.07) is 1.38. The summed E-state index contributed by atoms with van der Waals surface area (Å²) in [5.74, 6) is -8.23. The van der Waals surface area contributed by atoms with Crippen molar-refractivity contribution >= 4 is 80.0 Å². The van der Waals surface area contributed by atoms with Crippen molar-refractivity contribution in [3.63, 3.8) is 0 Å². The molecule has 0 radical (unpaired) electrons. The molecule has 3 aliphatic rings. The molecule has 2 aromatic carbocycles. The Bertz CT molecular complexity index is 3920. The van der Waals surface area contributed by atoms with Crippen LogP contribution in [-0.4, -0.2) is 146 Å². The third-order valence-corrected chi connectivity index (χ3v) is 17.8. The van der Waals surface area contributed by atoms with Gasteiger partial charge in [0.2, 0.25) is 22.7 Å². The average molecular weight is 1310 g/mol. The summed E-state index contributed by atoms with van der Waals surface area (Å²) in [7, 11) is -14.3. The lowest BCUT2D eigenvalue weighted by Crippen LogP contribution is -2.52. The number of carbonyl (C=O) groups is 4. The molecular weight excluding hydrogens is 1260 g/mol. The minimum absolute atomic E-state index is 0.0213. The highest BCUT2D eigenvalue weighted by molar-refractivity contribution is 7.93. The number of benzene rings is 2. The molecule has 2 aliphatic carbocycles. The van der Waals surface area contributed by atoms with Crippen molar-refractivity contribution in [2.75, 3.05) is 43.2 Å². The summed E-state index contributed by atoms with van der Waals surface area (Å²) in [5.41, 5.74) is -6.60. The molecule has 0 bridgehead atoms. The number of aliphatic carboxylic acids is 1. The van der Waals surface area contributed by atoms with E-state index in [1.54, 1.807) is 0 Å². The molecule has 1 aliphatic heterocycles. The van der Waals surface area contributed by atoms with Crippen LogP contribution in [0.4, 0.5) is 59.3 Å². The van der Waals surface area contributed by atoms with Gasteiger partial charge in [-0.05, 0) is 87.3 Å². The fraction of sp³-hybridized carbons (Fsp3) is 0.449. The van der Waals surface area contributed by atoms with Crippen LogP contribution in [0.1, 0.15) is 79.0 Å². The summed E-state index contributed by atoms with van der Waals surface area (Å²) >= 11 is 6.75. The molecule has 4 N–H and O–H groups in total. The van der Waals surface area contributed by atoms with Crippen LogP contribution in [0.3, 0.4) is 0 Å². The first-order valence-electron chi connectivity index (χ1n) is 25.0. The molecule has 5 aromatic rings. The Kier molecular flexibility index (Phi) is 17.5. The number of alkyl halides is 8. The van der Waals surface area contributed by atoms with Crippen LogP contribution in [0.25, 0.3) is 22.0 Å². The Labute approximate surface area is 485 Å². The SMILES string of the molecule is CC(C)(C#Cc1ccc(-c2ccc(Cl)c3c(N(C(=O)N4CCC[C@H]4CN(CC(=O)O)C(=O)OCOP(=O)(O)O)S(C)(=O)=O)nn(CC(F)(F)F)c23)c([C@H](Cc2cc(F)cc(F)c2)NC(=O)Cn2nc(C(F)(F)F)c3c2C(F)(F)C2C[C@H]32)n1)S(C)(=O)=O. The van der Waals surface area contributed by atoms with Crippen molar-refractivity contribution in [1.82, 2.24) is 39.7 Å². The van der Waals surface area contributed by atoms with Crippen LogP contribution in [-0.2, 0) is 74.9 Å². The number of pyridine rings is 1. The van der Waals surface area contributed by atoms with Gasteiger partial charge in [0, 0.05) is 48.0 Å². The number of hydrogen-bond donors (Lipinski definition) is 4. The van der Waals surface area contributed by atoms with Crippen LogP contribution in [0.15, 0.2) is 42.5 Å². The van der Waals surface area contributed by atoms with E-state index in [-0.39, 0.29) is 50.7 Å². The molecule has 1 unspecified atom stereocenters. The van der Waals surface area contributed by atoms with Crippen LogP contribution in [0.5, 0.6) is 0 Å². The maximum absolute atomic E-state index is 15.7. The standard InChI is InChI=1S/C49H47ClF10N9O14PS2/c1-46(2,85(3,78)79)12-11-27-7-8-29(39(61-27)34(16-24-14-25(51)17-26(52)15-24)62-35(70)20-67-42-37(41(63-67)49(58,59)60)31-18-32(31)48(42,56)57)30-9-10-33(50)38-40(30)68(22-47(53,54)55)64-43(38)69(86(4,80)81)44(73)66-13-5-6-28(66)19-65(21-36(71)72)45(74)82-23-83-84(75,76)77/h7-10,14-15,17,28,31-32,34H,5-6,13,16,18-23H2,1-4H3,(H,62,70)(H,71,72)(H2,75,76,77)/t28-,31-,32?,34-/m0/s1. The highest BCUT2D eigenvalue weighted by Crippen LogP contribution is 2.68. The summed E-state index contributed by atoms with van der Waals surface area (Å²) in [5, 5.41) is 18.0. The van der Waals surface area contributed by atoms with E-state index in [2.05, 4.69) is 41.6 Å². The molecule has 4 amide bonds. The number of nitrogens with zero attached hydrogens (tertiary/aromatic N) is 8. The van der Waals surface area contributed by atoms with Gasteiger partial charge >= 0.3 is 38.3 Å². The number of fused-ring (bicyclic) bond motifs is 4. The predicted molar refractivity (Wildman–Crippen MR) is 279 cm³/mol. The van der Waals surface area contributed by atoms with Crippen molar-refractivity contribution in [1.29, 1.82) is 0 Å². The maximum atomic E-state index is 15.7. The molecule has 1 saturated heterocycles. The minimum Gasteiger partial charge on any atom is -0.480 e. The summed E-state index contributed by atoms with van der Waals surface area (Å²) in [4.78, 5) is 77.7. The van der Waals surface area contributed by atoms with Gasteiger partial charge in [-0.3, -0.25) is 23.9 Å². The minimum atomic E-state index is -5.28. The second kappa shape index (κ2) is 23.2. The van der Waals surface area contributed by atoms with Crippen molar-refractivity contribution in [2.45, 2.75) is 93.6 Å². The Morgan fingerprint density at radius 3 is 2.21 bits per heavy atom. The van der Waals surface area contributed by atoms with Crippen molar-refractivity contribution < 1.29 is 109 Å². The van der Waals surface area contributed by atoms with Gasteiger partial charge in [0.15, 0.2) is 21.3 Å². The van der Waals surface area contributed by atoms with Gasteiger partial charge in [-0.25, -0.2) is 49.3 Å². The number of rotatable bonds is 18. The molecule has 2 fully saturated rings. The van der Waals surface area contributed by atoms with Gasteiger partial charge < -0.3 is 29.8 Å². The molecule has 3 aromatic heterocycles. The number of carbonyl (C=O) groups excluding carboxylic acids is 3. The number of sulfone groups is 1. The largest absolute Gasteiger partial charge is 0.480 e. The molecule has 1 saturated carbocycles. The smallest absolute Gasteiger partial charge is 0.472 e. The number of likely N-dealkylation sites (tertiary alicyclic amines) is 1. The lowest BCUT2D eigenvalue weighted by atomic mass is 9.93. The summed E-state index contributed by atoms with van der Waals surface area (Å²) in [6.07, 6.45) is -12.0. The number of sulfonamides is 1. The van der Waals surface area contributed by atoms with Crippen molar-refractivity contribution in [2.24, 2.45) is 5.92 Å². The van der Waals surface area contributed by atoms with Gasteiger partial charge in [0.25, 0.3) is 5.92 Å². The van der Waals surface area contributed by atoms with Crippen molar-refractivity contribution in [3.05, 3.63) is 93.0 Å². The number of carboxylic acid groups (broad SMARTS) is 1. The van der Waals surface area contributed by atoms with Crippen LogP contribution < -0.4 is 9.62 Å². The number of phosphoric acid groups is 1. The quantitative estimate of drug-likeness (QED) is 0.0291. The van der Waals surface area contributed by atoms with E-state index in [1.165, 1.54) is 13.8 Å². The number of halogens is 11. The molecule has 8 rings (SSSR count). The van der Waals surface area contributed by atoms with Gasteiger partial charge in [-0.2, -0.15) is 49.6 Å². The molecule has 37 heteroatoms. The number of anilines is 1. The van der Waals surface area contributed by atoms with E-state index < -0.39 is 205 Å². The zero-order valence-corrected chi connectivity index (χ0v) is 48.0. The number of carboxylic acids is 1. The number of hydrogen-bond acceptors (Lipinski definition) is 14. The monoisotopic (exact) mass is 1310 g/mol. The Balaban J connectivity index is 1.31. The van der Waals surface area contributed by atoms with Gasteiger partial charge in [0.1, 0.15) is 47.4 Å². The average Bonchev–Trinajstić information content (AvgIpc) is 1.52. The van der Waals surface area contributed by atoms with Crippen molar-refractivity contribution in [3.8, 4) is 23.0 Å². The highest BCUT2D eigenvalue weighted by Gasteiger charge is 2.68. The zero-order chi connectivity index (χ0) is 63.8. The third-order valence-electron chi connectivity index (χ3n) is 14.0. The van der Waals surface area contributed by atoms with Gasteiger partial charge in [-0.1, -0.05) is 23.6 Å². The topological polar surface area (TPSA) is 303 Å². The molecule has 23 nitrogen and oxygen atoms in total. The molecular formula is C49H47ClF10N9O14PS2. The zero-order valence-electron chi connectivity index (χ0n) is 44.8. The molecule has 466 valence electrons. The lowest BCUT2D eigenvalue weighted by Gasteiger charge is -2.32. The Morgan fingerprint density at radius 2 is 1.62 bits per heavy atom. The van der Waals surface area contributed by atoms with Crippen LogP contribution in [0.2, 0.25) is 5.02 Å². The maximum Gasteiger partial charge on any atom is 0.472 e. The van der Waals surface area contributed by atoms with Crippen LogP contribution in [0, 0.1) is 29.4 Å². The fourth-order valence-electron chi connectivity index (χ4n) is 10.0. The third kappa shape index (κ3) is 14.0. The van der Waals surface area contributed by atoms with Gasteiger partial charge in [-0.15, -0.1) is 0 Å². The van der Waals surface area contributed by atoms with E-state index in [1.807, 2.05) is 0 Å². The van der Waals surface area contributed by atoms with E-state index in [9.17, 15) is 80.8 Å². The lowest BCUT2D eigenvalue weighted by molar-refractivity contribution is -0.143. The van der Waals surface area contributed by atoms with E-state index >= 15 is 8.78 Å². The number of phosphoric ester groups is 1. The first-order chi connectivity index (χ1) is 39.6. The second-order valence-electron chi connectivity index (χ2n) is 20.7. The summed E-state index contributed by atoms with van der Waals surface area (Å²) in [6.45, 7) is -4.78. The molecule has 0 spiro atoms. The van der Waals surface area contributed by atoms with E-state index in [0.717, 1.165) is 47.6 Å². The number of aromatic nitrogens is 5. The van der Waals surface area contributed by atoms with Crippen LogP contribution >= 0.6 is 19.4 Å². The molecule has 4 heterocycles. The second-order valence-corrected chi connectivity index (χ2v) is 26.8.